The number of hydrogen-bond donors (Lipinski definition) is 2. The third-order valence-electron chi connectivity index (χ3n) is 3.75. The third kappa shape index (κ3) is 8.70. The molecule has 2 rings (SSSR count). The lowest BCUT2D eigenvalue weighted by Crippen LogP contribution is -2.38. The van der Waals surface area contributed by atoms with Gasteiger partial charge in [-0.3, -0.25) is 4.99 Å². The molecule has 0 amide bonds. The second-order valence-electron chi connectivity index (χ2n) is 6.07. The Hall–Kier alpha value is -1.46. The molecule has 0 unspecified atom stereocenters. The second-order valence-corrected chi connectivity index (χ2v) is 8.60. The van der Waals surface area contributed by atoms with Crippen molar-refractivity contribution in [3.63, 3.8) is 0 Å². The van der Waals surface area contributed by atoms with Gasteiger partial charge in [0.25, 0.3) is 0 Å². The van der Waals surface area contributed by atoms with Crippen LogP contribution in [-0.2, 0) is 28.6 Å². The monoisotopic (exact) mass is 540 g/mol. The Morgan fingerprint density at radius 3 is 2.57 bits per heavy atom. The van der Waals surface area contributed by atoms with Gasteiger partial charge in [0.2, 0.25) is 0 Å². The Bertz CT molecular complexity index is 908. The summed E-state index contributed by atoms with van der Waals surface area (Å²) in [5.41, 5.74) is 2.17. The molecule has 0 aliphatic heterocycles. The quantitative estimate of drug-likeness (QED) is 0.244. The summed E-state index contributed by atoms with van der Waals surface area (Å²) in [6, 6.07) is 7.73. The van der Waals surface area contributed by atoms with Crippen LogP contribution >= 0.6 is 35.6 Å². The van der Waals surface area contributed by atoms with Crippen molar-refractivity contribution < 1.29 is 12.8 Å². The first kappa shape index (κ1) is 24.6. The molecule has 6 nitrogen and oxygen atoms in total. The standard InChI is InChI=1S/C18H22ClFN4O2S.HI/c1-21-18(22-8-7-13-3-6-17(19)23-10-13)24-11-15-9-16(20)5-4-14(15)12-27(2,25)26;/h3-6,9-10H,7-8,11-12H2,1-2H3,(H2,21,22,24);1H. The minimum absolute atomic E-state index is 0. The molecular weight excluding hydrogens is 518 g/mol. The van der Waals surface area contributed by atoms with E-state index >= 15 is 0 Å². The number of benzene rings is 1. The van der Waals surface area contributed by atoms with E-state index in [1.807, 2.05) is 6.07 Å². The van der Waals surface area contributed by atoms with Gasteiger partial charge in [-0.05, 0) is 41.3 Å². The number of rotatable bonds is 7. The topological polar surface area (TPSA) is 83.4 Å². The molecule has 0 saturated heterocycles. The van der Waals surface area contributed by atoms with Gasteiger partial charge in [-0.2, -0.15) is 0 Å². The van der Waals surface area contributed by atoms with Crippen molar-refractivity contribution in [2.45, 2.75) is 18.7 Å². The average molecular weight is 541 g/mol. The number of pyridine rings is 1. The first-order chi connectivity index (χ1) is 12.8. The number of nitrogens with one attached hydrogen (secondary N) is 2. The summed E-state index contributed by atoms with van der Waals surface area (Å²) in [6.07, 6.45) is 3.59. The van der Waals surface area contributed by atoms with Crippen LogP contribution in [0.25, 0.3) is 0 Å². The molecule has 154 valence electrons. The zero-order valence-electron chi connectivity index (χ0n) is 15.6. The predicted octanol–water partition coefficient (Wildman–Crippen LogP) is 2.94. The van der Waals surface area contributed by atoms with Crippen LogP contribution in [0.2, 0.25) is 5.15 Å². The van der Waals surface area contributed by atoms with Crippen LogP contribution in [0, 0.1) is 5.82 Å². The normalized spacial score (nSPS) is 11.6. The van der Waals surface area contributed by atoms with Gasteiger partial charge in [0, 0.05) is 32.6 Å². The lowest BCUT2D eigenvalue weighted by Gasteiger charge is -2.14. The van der Waals surface area contributed by atoms with E-state index in [1.165, 1.54) is 18.2 Å². The van der Waals surface area contributed by atoms with Crippen LogP contribution in [-0.4, -0.2) is 39.2 Å². The fourth-order valence-corrected chi connectivity index (χ4v) is 3.42. The van der Waals surface area contributed by atoms with Gasteiger partial charge in [-0.15, -0.1) is 24.0 Å². The lowest BCUT2D eigenvalue weighted by atomic mass is 10.1. The van der Waals surface area contributed by atoms with Gasteiger partial charge in [0.1, 0.15) is 11.0 Å². The van der Waals surface area contributed by atoms with E-state index in [0.717, 1.165) is 18.2 Å². The maximum Gasteiger partial charge on any atom is 0.191 e. The van der Waals surface area contributed by atoms with Crippen molar-refractivity contribution in [3.8, 4) is 0 Å². The summed E-state index contributed by atoms with van der Waals surface area (Å²) in [5.74, 6) is -0.0198. The smallest absolute Gasteiger partial charge is 0.191 e. The summed E-state index contributed by atoms with van der Waals surface area (Å²) in [6.45, 7) is 0.868. The first-order valence-electron chi connectivity index (χ1n) is 8.27. The highest BCUT2D eigenvalue weighted by atomic mass is 127. The van der Waals surface area contributed by atoms with Gasteiger partial charge < -0.3 is 10.6 Å². The van der Waals surface area contributed by atoms with E-state index in [9.17, 15) is 12.8 Å². The highest BCUT2D eigenvalue weighted by Crippen LogP contribution is 2.14. The molecule has 0 aliphatic carbocycles. The van der Waals surface area contributed by atoms with E-state index in [1.54, 1.807) is 19.3 Å². The molecule has 10 heteroatoms. The summed E-state index contributed by atoms with van der Waals surface area (Å²) in [5, 5.41) is 6.67. The zero-order valence-corrected chi connectivity index (χ0v) is 19.5. The van der Waals surface area contributed by atoms with Crippen LogP contribution in [0.1, 0.15) is 16.7 Å². The van der Waals surface area contributed by atoms with Crippen molar-refractivity contribution in [1.82, 2.24) is 15.6 Å². The molecule has 0 aliphatic rings. The summed E-state index contributed by atoms with van der Waals surface area (Å²) in [4.78, 5) is 8.15. The molecule has 0 fully saturated rings. The molecule has 0 saturated carbocycles. The molecule has 0 radical (unpaired) electrons. The van der Waals surface area contributed by atoms with Crippen LogP contribution < -0.4 is 10.6 Å². The van der Waals surface area contributed by atoms with Crippen molar-refractivity contribution >= 4 is 51.4 Å². The Morgan fingerprint density at radius 2 is 1.96 bits per heavy atom. The molecule has 1 heterocycles. The molecule has 0 bridgehead atoms. The van der Waals surface area contributed by atoms with Gasteiger partial charge >= 0.3 is 0 Å². The maximum absolute atomic E-state index is 13.6. The lowest BCUT2D eigenvalue weighted by molar-refractivity contribution is 0.599. The number of guanidine groups is 1. The van der Waals surface area contributed by atoms with Crippen LogP contribution in [0.4, 0.5) is 4.39 Å². The number of aliphatic imine (C=N–C) groups is 1. The molecule has 1 aromatic heterocycles. The van der Waals surface area contributed by atoms with Crippen LogP contribution in [0.15, 0.2) is 41.5 Å². The Labute approximate surface area is 186 Å². The van der Waals surface area contributed by atoms with Gasteiger partial charge in [0.15, 0.2) is 15.8 Å². The Morgan fingerprint density at radius 1 is 1.21 bits per heavy atom. The Balaban J connectivity index is 0.00000392. The second kappa shape index (κ2) is 11.5. The summed E-state index contributed by atoms with van der Waals surface area (Å²) in [7, 11) is -1.59. The van der Waals surface area contributed by atoms with E-state index in [-0.39, 0.29) is 36.3 Å². The van der Waals surface area contributed by atoms with Crippen molar-refractivity contribution in [2.75, 3.05) is 19.8 Å². The molecule has 0 spiro atoms. The van der Waals surface area contributed by atoms with Crippen molar-refractivity contribution in [2.24, 2.45) is 4.99 Å². The third-order valence-corrected chi connectivity index (χ3v) is 4.81. The molecule has 28 heavy (non-hydrogen) atoms. The highest BCUT2D eigenvalue weighted by molar-refractivity contribution is 14.0. The average Bonchev–Trinajstić information content (AvgIpc) is 2.60. The minimum Gasteiger partial charge on any atom is -0.356 e. The largest absolute Gasteiger partial charge is 0.356 e. The molecule has 2 N–H and O–H groups in total. The van der Waals surface area contributed by atoms with E-state index < -0.39 is 15.7 Å². The van der Waals surface area contributed by atoms with E-state index in [4.69, 9.17) is 11.6 Å². The Kier molecular flexibility index (Phi) is 10.1. The molecule has 0 atom stereocenters. The molecule has 2 aromatic rings. The molecular formula is C18H23ClFIN4O2S. The first-order valence-corrected chi connectivity index (χ1v) is 10.7. The van der Waals surface area contributed by atoms with E-state index in [2.05, 4.69) is 20.6 Å². The highest BCUT2D eigenvalue weighted by Gasteiger charge is 2.11. The predicted molar refractivity (Wildman–Crippen MR) is 122 cm³/mol. The maximum atomic E-state index is 13.6. The van der Waals surface area contributed by atoms with Crippen LogP contribution in [0.5, 0.6) is 0 Å². The van der Waals surface area contributed by atoms with Gasteiger partial charge in [0.05, 0.1) is 5.75 Å². The number of nitrogens with zero attached hydrogens (tertiary/aromatic N) is 2. The van der Waals surface area contributed by atoms with Crippen molar-refractivity contribution in [3.05, 3.63) is 64.2 Å². The minimum atomic E-state index is -3.22. The number of hydrogen-bond acceptors (Lipinski definition) is 4. The van der Waals surface area contributed by atoms with Gasteiger partial charge in [-0.1, -0.05) is 23.7 Å². The SMILES string of the molecule is CN=C(NCCc1ccc(Cl)nc1)NCc1cc(F)ccc1CS(C)(=O)=O.I. The number of halogens is 3. The van der Waals surface area contributed by atoms with Crippen LogP contribution in [0.3, 0.4) is 0 Å². The number of aromatic nitrogens is 1. The van der Waals surface area contributed by atoms with Crippen molar-refractivity contribution in [1.29, 1.82) is 0 Å². The van der Waals surface area contributed by atoms with E-state index in [0.29, 0.717) is 28.8 Å². The fraction of sp³-hybridized carbons (Fsp3) is 0.333. The summed E-state index contributed by atoms with van der Waals surface area (Å²) < 4.78 is 36.7. The number of sulfone groups is 1. The fourth-order valence-electron chi connectivity index (χ4n) is 2.46. The summed E-state index contributed by atoms with van der Waals surface area (Å²) >= 11 is 5.76. The van der Waals surface area contributed by atoms with Gasteiger partial charge in [-0.25, -0.2) is 17.8 Å². The molecule has 1 aromatic carbocycles. The zero-order chi connectivity index (χ0) is 19.9.